The van der Waals surface area contributed by atoms with Gasteiger partial charge in [-0.3, -0.25) is 9.89 Å². The summed E-state index contributed by atoms with van der Waals surface area (Å²) < 4.78 is 25.0. The third-order valence-electron chi connectivity index (χ3n) is 6.25. The highest BCUT2D eigenvalue weighted by atomic mass is 19.1. The van der Waals surface area contributed by atoms with Gasteiger partial charge in [0, 0.05) is 45.2 Å². The van der Waals surface area contributed by atoms with Gasteiger partial charge in [-0.05, 0) is 48.2 Å². The van der Waals surface area contributed by atoms with Gasteiger partial charge in [0.2, 0.25) is 0 Å². The van der Waals surface area contributed by atoms with Gasteiger partial charge < -0.3 is 20.1 Å². The monoisotopic (exact) mass is 440 g/mol. The second-order valence-corrected chi connectivity index (χ2v) is 8.52. The Morgan fingerprint density at radius 2 is 1.94 bits per heavy atom. The van der Waals surface area contributed by atoms with E-state index in [0.29, 0.717) is 13.2 Å². The third-order valence-corrected chi connectivity index (χ3v) is 6.25. The minimum atomic E-state index is -0.177. The van der Waals surface area contributed by atoms with Gasteiger partial charge in [0.25, 0.3) is 0 Å². The lowest BCUT2D eigenvalue weighted by atomic mass is 9.96. The summed E-state index contributed by atoms with van der Waals surface area (Å²) in [6.45, 7) is 6.52. The van der Waals surface area contributed by atoms with E-state index < -0.39 is 0 Å². The lowest BCUT2D eigenvalue weighted by Gasteiger charge is -2.26. The smallest absolute Gasteiger partial charge is 0.191 e. The average Bonchev–Trinajstić information content (AvgIpc) is 3.61. The van der Waals surface area contributed by atoms with E-state index in [2.05, 4.69) is 32.7 Å². The van der Waals surface area contributed by atoms with Crippen molar-refractivity contribution in [2.75, 3.05) is 53.0 Å². The van der Waals surface area contributed by atoms with Crippen LogP contribution in [0.2, 0.25) is 0 Å². The molecule has 2 aromatic carbocycles. The van der Waals surface area contributed by atoms with E-state index in [1.54, 1.807) is 19.2 Å². The number of guanidine groups is 1. The van der Waals surface area contributed by atoms with E-state index in [9.17, 15) is 4.39 Å². The van der Waals surface area contributed by atoms with Crippen LogP contribution in [-0.2, 0) is 16.7 Å². The molecule has 1 aliphatic carbocycles. The molecule has 0 aromatic heterocycles. The lowest BCUT2D eigenvalue weighted by molar-refractivity contribution is 0.0322. The largest absolute Gasteiger partial charge is 0.492 e. The minimum absolute atomic E-state index is 0.00790. The predicted molar refractivity (Wildman–Crippen MR) is 125 cm³/mol. The summed E-state index contributed by atoms with van der Waals surface area (Å²) in [6, 6.07) is 15.1. The third kappa shape index (κ3) is 6.20. The van der Waals surface area contributed by atoms with Crippen molar-refractivity contribution in [1.82, 2.24) is 15.5 Å². The van der Waals surface area contributed by atoms with Gasteiger partial charge in [-0.15, -0.1) is 0 Å². The van der Waals surface area contributed by atoms with E-state index in [-0.39, 0.29) is 11.2 Å². The maximum Gasteiger partial charge on any atom is 0.191 e. The highest BCUT2D eigenvalue weighted by molar-refractivity contribution is 5.79. The molecular formula is C25H33FN4O2. The van der Waals surface area contributed by atoms with E-state index in [4.69, 9.17) is 9.47 Å². The Bertz CT molecular complexity index is 910. The number of aliphatic imine (C=N–C) groups is 1. The Morgan fingerprint density at radius 1 is 1.12 bits per heavy atom. The van der Waals surface area contributed by atoms with Gasteiger partial charge >= 0.3 is 0 Å². The Balaban J connectivity index is 1.23. The van der Waals surface area contributed by atoms with Gasteiger partial charge in [0.15, 0.2) is 5.96 Å². The molecule has 1 aliphatic heterocycles. The molecule has 2 N–H and O–H groups in total. The van der Waals surface area contributed by atoms with Gasteiger partial charge in [0.1, 0.15) is 18.2 Å². The summed E-state index contributed by atoms with van der Waals surface area (Å²) >= 11 is 0. The van der Waals surface area contributed by atoms with Crippen LogP contribution in [0.3, 0.4) is 0 Å². The molecule has 4 rings (SSSR count). The molecule has 1 saturated carbocycles. The first-order valence-corrected chi connectivity index (χ1v) is 11.4. The number of nitrogens with zero attached hydrogens (tertiary/aromatic N) is 2. The van der Waals surface area contributed by atoms with Crippen molar-refractivity contribution in [2.24, 2.45) is 4.99 Å². The molecule has 6 nitrogen and oxygen atoms in total. The summed E-state index contributed by atoms with van der Waals surface area (Å²) in [4.78, 5) is 6.70. The van der Waals surface area contributed by atoms with E-state index in [0.717, 1.165) is 75.1 Å². The van der Waals surface area contributed by atoms with Crippen molar-refractivity contribution in [1.29, 1.82) is 0 Å². The molecular weight excluding hydrogens is 407 g/mol. The van der Waals surface area contributed by atoms with E-state index in [1.165, 1.54) is 6.07 Å². The van der Waals surface area contributed by atoms with Crippen LogP contribution in [0.4, 0.5) is 4.39 Å². The SMILES string of the molecule is CN=C(NCc1cccc(OCCN2CCOCC2)c1)NCC1(c2cccc(F)c2)CC1. The number of halogens is 1. The first-order valence-electron chi connectivity index (χ1n) is 11.4. The van der Waals surface area contributed by atoms with Crippen molar-refractivity contribution in [3.63, 3.8) is 0 Å². The molecule has 32 heavy (non-hydrogen) atoms. The van der Waals surface area contributed by atoms with Crippen LogP contribution in [0.5, 0.6) is 5.75 Å². The number of morpholine rings is 1. The van der Waals surface area contributed by atoms with Gasteiger partial charge in [-0.25, -0.2) is 4.39 Å². The fourth-order valence-corrected chi connectivity index (χ4v) is 4.06. The molecule has 2 aliphatic rings. The molecule has 0 bridgehead atoms. The summed E-state index contributed by atoms with van der Waals surface area (Å²) in [6.07, 6.45) is 2.12. The highest BCUT2D eigenvalue weighted by Crippen LogP contribution is 2.47. The minimum Gasteiger partial charge on any atom is -0.492 e. The second-order valence-electron chi connectivity index (χ2n) is 8.52. The van der Waals surface area contributed by atoms with Crippen molar-refractivity contribution in [2.45, 2.75) is 24.8 Å². The number of ether oxygens (including phenoxy) is 2. The number of hydrogen-bond acceptors (Lipinski definition) is 4. The fraction of sp³-hybridized carbons (Fsp3) is 0.480. The Morgan fingerprint density at radius 3 is 2.69 bits per heavy atom. The number of hydrogen-bond donors (Lipinski definition) is 2. The molecule has 1 saturated heterocycles. The van der Waals surface area contributed by atoms with Crippen LogP contribution < -0.4 is 15.4 Å². The van der Waals surface area contributed by atoms with Gasteiger partial charge in [0.05, 0.1) is 13.2 Å². The summed E-state index contributed by atoms with van der Waals surface area (Å²) in [7, 11) is 1.77. The van der Waals surface area contributed by atoms with Crippen molar-refractivity contribution >= 4 is 5.96 Å². The molecule has 0 unspecified atom stereocenters. The van der Waals surface area contributed by atoms with Crippen molar-refractivity contribution in [3.8, 4) is 5.75 Å². The van der Waals surface area contributed by atoms with Crippen LogP contribution >= 0.6 is 0 Å². The quantitative estimate of drug-likeness (QED) is 0.464. The van der Waals surface area contributed by atoms with Crippen LogP contribution in [0.1, 0.15) is 24.0 Å². The Labute approximate surface area is 189 Å². The number of benzene rings is 2. The van der Waals surface area contributed by atoms with Crippen LogP contribution in [-0.4, -0.2) is 63.9 Å². The maximum atomic E-state index is 13.6. The zero-order chi connectivity index (χ0) is 22.2. The average molecular weight is 441 g/mol. The molecule has 0 amide bonds. The molecule has 0 spiro atoms. The number of rotatable bonds is 9. The number of nitrogens with one attached hydrogen (secondary N) is 2. The first kappa shape index (κ1) is 22.6. The molecule has 172 valence electrons. The lowest BCUT2D eigenvalue weighted by Crippen LogP contribution is -2.40. The highest BCUT2D eigenvalue weighted by Gasteiger charge is 2.44. The zero-order valence-electron chi connectivity index (χ0n) is 18.8. The molecule has 1 heterocycles. The first-order chi connectivity index (χ1) is 15.7. The topological polar surface area (TPSA) is 58.1 Å². The summed E-state index contributed by atoms with van der Waals surface area (Å²) in [5.41, 5.74) is 2.19. The van der Waals surface area contributed by atoms with Crippen molar-refractivity contribution < 1.29 is 13.9 Å². The van der Waals surface area contributed by atoms with Crippen molar-refractivity contribution in [3.05, 3.63) is 65.5 Å². The molecule has 2 aromatic rings. The van der Waals surface area contributed by atoms with Gasteiger partial charge in [-0.2, -0.15) is 0 Å². The second kappa shape index (κ2) is 10.8. The normalized spacial score (nSPS) is 18.2. The van der Waals surface area contributed by atoms with Crippen LogP contribution in [0.25, 0.3) is 0 Å². The van der Waals surface area contributed by atoms with E-state index >= 15 is 0 Å². The zero-order valence-corrected chi connectivity index (χ0v) is 18.8. The predicted octanol–water partition coefficient (Wildman–Crippen LogP) is 2.93. The standard InChI is InChI=1S/C25H33FN4O2/c1-27-24(29-19-25(8-9-25)21-5-3-6-22(26)17-21)28-18-20-4-2-7-23(16-20)32-15-12-30-10-13-31-14-11-30/h2-7,16-17H,8-15,18-19H2,1H3,(H2,27,28,29). The summed E-state index contributed by atoms with van der Waals surface area (Å²) in [5.74, 6) is 1.44. The fourth-order valence-electron chi connectivity index (χ4n) is 4.06. The molecule has 0 atom stereocenters. The summed E-state index contributed by atoms with van der Waals surface area (Å²) in [5, 5.41) is 6.79. The maximum absolute atomic E-state index is 13.6. The Hall–Kier alpha value is -2.64. The molecule has 7 heteroatoms. The van der Waals surface area contributed by atoms with Crippen LogP contribution in [0, 0.1) is 5.82 Å². The molecule has 0 radical (unpaired) electrons. The van der Waals surface area contributed by atoms with Crippen LogP contribution in [0.15, 0.2) is 53.5 Å². The van der Waals surface area contributed by atoms with Gasteiger partial charge in [-0.1, -0.05) is 24.3 Å². The Kier molecular flexibility index (Phi) is 7.60. The molecule has 2 fully saturated rings. The van der Waals surface area contributed by atoms with E-state index in [1.807, 2.05) is 18.2 Å².